The van der Waals surface area contributed by atoms with Gasteiger partial charge in [0.25, 0.3) is 5.69 Å². The molecule has 0 heterocycles. The van der Waals surface area contributed by atoms with Crippen LogP contribution in [0.5, 0.6) is 0 Å². The Morgan fingerprint density at radius 1 is 1.53 bits per heavy atom. The molecule has 0 amide bonds. The number of nitro groups is 1. The molecule has 0 atom stereocenters. The van der Waals surface area contributed by atoms with Crippen molar-refractivity contribution < 1.29 is 14.8 Å². The van der Waals surface area contributed by atoms with Crippen LogP contribution < -0.4 is 4.90 Å². The zero-order valence-electron chi connectivity index (χ0n) is 10.9. The van der Waals surface area contributed by atoms with Crippen molar-refractivity contribution in [2.24, 2.45) is 0 Å². The van der Waals surface area contributed by atoms with E-state index in [2.05, 4.69) is 15.9 Å². The molecule has 0 spiro atoms. The quantitative estimate of drug-likeness (QED) is 0.662. The van der Waals surface area contributed by atoms with Gasteiger partial charge in [-0.2, -0.15) is 0 Å². The molecule has 7 heteroatoms. The predicted molar refractivity (Wildman–Crippen MR) is 75.5 cm³/mol. The summed E-state index contributed by atoms with van der Waals surface area (Å²) in [7, 11) is 0. The van der Waals surface area contributed by atoms with E-state index in [0.717, 1.165) is 0 Å². The van der Waals surface area contributed by atoms with Crippen molar-refractivity contribution in [3.63, 3.8) is 0 Å². The average Bonchev–Trinajstić information content (AvgIpc) is 2.31. The normalized spacial score (nSPS) is 11.2. The molecule has 0 aliphatic carbocycles. The average molecular weight is 331 g/mol. The van der Waals surface area contributed by atoms with E-state index in [1.54, 1.807) is 19.1 Å². The van der Waals surface area contributed by atoms with Crippen molar-refractivity contribution in [2.75, 3.05) is 11.4 Å². The van der Waals surface area contributed by atoms with E-state index >= 15 is 0 Å². The van der Waals surface area contributed by atoms with Gasteiger partial charge in [0.05, 0.1) is 4.92 Å². The van der Waals surface area contributed by atoms with Gasteiger partial charge in [-0.1, -0.05) is 15.9 Å². The molecule has 0 radical (unpaired) electrons. The van der Waals surface area contributed by atoms with Crippen LogP contribution in [0.15, 0.2) is 22.7 Å². The van der Waals surface area contributed by atoms with Gasteiger partial charge < -0.3 is 10.0 Å². The lowest BCUT2D eigenvalue weighted by atomic mass is 10.0. The molecular weight excluding hydrogens is 316 g/mol. The summed E-state index contributed by atoms with van der Waals surface area (Å²) < 4.78 is 0.576. The van der Waals surface area contributed by atoms with Crippen LogP contribution in [-0.4, -0.2) is 28.1 Å². The highest BCUT2D eigenvalue weighted by atomic mass is 79.9. The van der Waals surface area contributed by atoms with Gasteiger partial charge in [-0.3, -0.25) is 10.1 Å². The maximum Gasteiger partial charge on any atom is 0.328 e. The topological polar surface area (TPSA) is 83.7 Å². The molecule has 0 aromatic heterocycles. The molecule has 1 aromatic carbocycles. The summed E-state index contributed by atoms with van der Waals surface area (Å²) in [6.45, 7) is 5.15. The fourth-order valence-corrected chi connectivity index (χ4v) is 2.20. The molecule has 1 rings (SSSR count). The minimum Gasteiger partial charge on any atom is -0.480 e. The standard InChI is InChI=1S/C12H15BrN2O4/c1-4-14(12(2,3)11(16)17)9-6-5-8(13)7-10(9)15(18)19/h5-7H,4H2,1-3H3,(H,16,17). The number of aliphatic carboxylic acids is 1. The van der Waals surface area contributed by atoms with E-state index in [9.17, 15) is 20.0 Å². The highest BCUT2D eigenvalue weighted by molar-refractivity contribution is 9.10. The van der Waals surface area contributed by atoms with Crippen LogP contribution in [0.3, 0.4) is 0 Å². The molecule has 6 nitrogen and oxygen atoms in total. The number of hydrogen-bond acceptors (Lipinski definition) is 4. The van der Waals surface area contributed by atoms with Crippen LogP contribution in [0.25, 0.3) is 0 Å². The fourth-order valence-electron chi connectivity index (χ4n) is 1.85. The van der Waals surface area contributed by atoms with E-state index < -0.39 is 16.4 Å². The van der Waals surface area contributed by atoms with Crippen molar-refractivity contribution in [2.45, 2.75) is 26.3 Å². The highest BCUT2D eigenvalue weighted by Gasteiger charge is 2.36. The zero-order chi connectivity index (χ0) is 14.8. The third kappa shape index (κ3) is 3.04. The van der Waals surface area contributed by atoms with Crippen molar-refractivity contribution in [3.05, 3.63) is 32.8 Å². The molecule has 1 aromatic rings. The second kappa shape index (κ2) is 5.56. The molecular formula is C12H15BrN2O4. The molecule has 0 aliphatic heterocycles. The SMILES string of the molecule is CCN(c1ccc(Br)cc1[N+](=O)[O-])C(C)(C)C(=O)O. The van der Waals surface area contributed by atoms with Crippen LogP contribution in [0.4, 0.5) is 11.4 Å². The molecule has 0 bridgehead atoms. The Morgan fingerprint density at radius 2 is 2.11 bits per heavy atom. The van der Waals surface area contributed by atoms with E-state index in [0.29, 0.717) is 16.7 Å². The van der Waals surface area contributed by atoms with Gasteiger partial charge in [-0.25, -0.2) is 4.79 Å². The smallest absolute Gasteiger partial charge is 0.328 e. The van der Waals surface area contributed by atoms with Gasteiger partial charge in [0.15, 0.2) is 0 Å². The van der Waals surface area contributed by atoms with Crippen LogP contribution in [0.2, 0.25) is 0 Å². The number of likely N-dealkylation sites (N-methyl/N-ethyl adjacent to an activating group) is 1. The number of carbonyl (C=O) groups is 1. The molecule has 19 heavy (non-hydrogen) atoms. The lowest BCUT2D eigenvalue weighted by Crippen LogP contribution is -2.50. The molecule has 0 saturated heterocycles. The Balaban J connectivity index is 3.42. The van der Waals surface area contributed by atoms with Crippen molar-refractivity contribution in [3.8, 4) is 0 Å². The lowest BCUT2D eigenvalue weighted by Gasteiger charge is -2.35. The van der Waals surface area contributed by atoms with Crippen LogP contribution in [-0.2, 0) is 4.79 Å². The molecule has 1 N–H and O–H groups in total. The first-order valence-corrected chi connectivity index (χ1v) is 6.46. The van der Waals surface area contributed by atoms with Gasteiger partial charge >= 0.3 is 5.97 Å². The summed E-state index contributed by atoms with van der Waals surface area (Å²) in [5.41, 5.74) is -1.05. The Kier molecular flexibility index (Phi) is 4.52. The fraction of sp³-hybridized carbons (Fsp3) is 0.417. The zero-order valence-corrected chi connectivity index (χ0v) is 12.5. The molecule has 0 fully saturated rings. The molecule has 104 valence electrons. The second-order valence-electron chi connectivity index (χ2n) is 4.50. The van der Waals surface area contributed by atoms with Crippen molar-refractivity contribution in [1.82, 2.24) is 0 Å². The number of carboxylic acid groups (broad SMARTS) is 1. The minimum atomic E-state index is -1.23. The number of carboxylic acids is 1. The van der Waals surface area contributed by atoms with Crippen LogP contribution in [0, 0.1) is 10.1 Å². The number of hydrogen-bond donors (Lipinski definition) is 1. The number of nitro benzene ring substituents is 1. The van der Waals surface area contributed by atoms with Gasteiger partial charge in [-0.05, 0) is 32.9 Å². The van der Waals surface area contributed by atoms with Gasteiger partial charge in [-0.15, -0.1) is 0 Å². The Hall–Kier alpha value is -1.63. The van der Waals surface area contributed by atoms with Crippen LogP contribution in [0.1, 0.15) is 20.8 Å². The van der Waals surface area contributed by atoms with Crippen LogP contribution >= 0.6 is 15.9 Å². The third-order valence-corrected chi connectivity index (χ3v) is 3.43. The summed E-state index contributed by atoms with van der Waals surface area (Å²) >= 11 is 3.18. The minimum absolute atomic E-state index is 0.120. The first-order chi connectivity index (χ1) is 8.71. The maximum absolute atomic E-state index is 11.3. The summed E-state index contributed by atoms with van der Waals surface area (Å²) in [6.07, 6.45) is 0. The summed E-state index contributed by atoms with van der Waals surface area (Å²) in [5, 5.41) is 20.4. The van der Waals surface area contributed by atoms with Gasteiger partial charge in [0, 0.05) is 17.1 Å². The maximum atomic E-state index is 11.3. The van der Waals surface area contributed by atoms with Crippen molar-refractivity contribution in [1.29, 1.82) is 0 Å². The number of benzene rings is 1. The highest BCUT2D eigenvalue weighted by Crippen LogP contribution is 2.35. The van der Waals surface area contributed by atoms with Gasteiger partial charge in [0.1, 0.15) is 11.2 Å². The molecule has 0 unspecified atom stereocenters. The second-order valence-corrected chi connectivity index (χ2v) is 5.41. The third-order valence-electron chi connectivity index (χ3n) is 2.94. The largest absolute Gasteiger partial charge is 0.480 e. The Morgan fingerprint density at radius 3 is 2.53 bits per heavy atom. The van der Waals surface area contributed by atoms with E-state index in [-0.39, 0.29) is 5.69 Å². The monoisotopic (exact) mass is 330 g/mol. The number of halogens is 1. The van der Waals surface area contributed by atoms with Gasteiger partial charge in [0.2, 0.25) is 0 Å². The first kappa shape index (κ1) is 15.4. The van der Waals surface area contributed by atoms with Crippen molar-refractivity contribution >= 4 is 33.3 Å². The molecule has 0 aliphatic rings. The summed E-state index contributed by atoms with van der Waals surface area (Å²) in [4.78, 5) is 23.4. The summed E-state index contributed by atoms with van der Waals surface area (Å²) in [6, 6.07) is 4.58. The number of anilines is 1. The summed E-state index contributed by atoms with van der Waals surface area (Å²) in [5.74, 6) is -1.04. The number of nitrogens with zero attached hydrogens (tertiary/aromatic N) is 2. The number of rotatable bonds is 5. The lowest BCUT2D eigenvalue weighted by molar-refractivity contribution is -0.384. The van der Waals surface area contributed by atoms with E-state index in [4.69, 9.17) is 0 Å². The molecule has 0 saturated carbocycles. The van der Waals surface area contributed by atoms with E-state index in [1.807, 2.05) is 0 Å². The Bertz CT molecular complexity index is 516. The Labute approximate surface area is 119 Å². The van der Waals surface area contributed by atoms with E-state index in [1.165, 1.54) is 24.8 Å². The predicted octanol–water partition coefficient (Wildman–Crippen LogP) is 3.05. The first-order valence-electron chi connectivity index (χ1n) is 5.66.